The molecule has 302 valence electrons. The first kappa shape index (κ1) is 50.0. The highest BCUT2D eigenvalue weighted by molar-refractivity contribution is 7.45. The third-order valence-electron chi connectivity index (χ3n) is 9.41. The van der Waals surface area contributed by atoms with Crippen LogP contribution in [0.25, 0.3) is 0 Å². The fraction of sp³-hybridized carbons (Fsp3) is 0.881. The quantitative estimate of drug-likeness (QED) is 0.0282. The van der Waals surface area contributed by atoms with Crippen molar-refractivity contribution in [2.24, 2.45) is 0 Å². The highest BCUT2D eigenvalue weighted by atomic mass is 31.2. The van der Waals surface area contributed by atoms with Crippen molar-refractivity contribution in [1.29, 1.82) is 0 Å². The van der Waals surface area contributed by atoms with Gasteiger partial charge in [-0.1, -0.05) is 160 Å². The molecule has 0 bridgehead atoms. The lowest BCUT2D eigenvalue weighted by Gasteiger charge is -2.29. The molecule has 3 atom stereocenters. The molecule has 0 rings (SSSR count). The number of likely N-dealkylation sites (N-methyl/N-ethyl adjacent to an activating group) is 1. The molecule has 0 saturated heterocycles. The maximum absolute atomic E-state index is 12.7. The zero-order valence-corrected chi connectivity index (χ0v) is 35.0. The predicted octanol–water partition coefficient (Wildman–Crippen LogP) is 10.7. The molecule has 0 fully saturated rings. The third kappa shape index (κ3) is 37.1. The summed E-state index contributed by atoms with van der Waals surface area (Å²) >= 11 is 0. The Morgan fingerprint density at radius 1 is 0.667 bits per heavy atom. The summed E-state index contributed by atoms with van der Waals surface area (Å²) in [4.78, 5) is 25.1. The Labute approximate surface area is 315 Å². The number of rotatable bonds is 38. The van der Waals surface area contributed by atoms with E-state index in [9.17, 15) is 19.4 Å². The lowest BCUT2D eigenvalue weighted by atomic mass is 10.0. The van der Waals surface area contributed by atoms with E-state index in [-0.39, 0.29) is 19.1 Å². The van der Waals surface area contributed by atoms with Crippen LogP contribution in [0.1, 0.15) is 187 Å². The van der Waals surface area contributed by atoms with Gasteiger partial charge in [0.25, 0.3) is 7.82 Å². The maximum Gasteiger partial charge on any atom is 0.268 e. The van der Waals surface area contributed by atoms with Gasteiger partial charge in [0.15, 0.2) is 0 Å². The molecule has 0 heterocycles. The first-order valence-electron chi connectivity index (χ1n) is 21.2. The molecule has 0 radical (unpaired) electrons. The fourth-order valence-electron chi connectivity index (χ4n) is 5.97. The molecule has 0 aromatic heterocycles. The van der Waals surface area contributed by atoms with Crippen LogP contribution in [0.3, 0.4) is 0 Å². The number of carbonyl (C=O) groups is 1. The number of phosphoric ester groups is 1. The van der Waals surface area contributed by atoms with Gasteiger partial charge in [-0.2, -0.15) is 0 Å². The standard InChI is InChI=1S/C42H83N2O6P/c1-6-8-10-12-14-15-16-17-18-19-20-21-22-23-24-25-26-27-28-29-30-32-34-36-42(46)43-40(41(45)35-33-31-13-11-9-7-2)39-50-51(47,48)49-38-37-44(3,4)5/h19-20,33,35,40-41,45H,6-18,21-32,34,36-39H2,1-5H3,(H-,43,46,47,48)/b20-19-,35-33+. The maximum atomic E-state index is 12.7. The zero-order valence-electron chi connectivity index (χ0n) is 34.1. The molecular weight excluding hydrogens is 659 g/mol. The van der Waals surface area contributed by atoms with Crippen molar-refractivity contribution in [2.45, 2.75) is 199 Å². The van der Waals surface area contributed by atoms with Gasteiger partial charge in [-0.3, -0.25) is 9.36 Å². The van der Waals surface area contributed by atoms with E-state index in [1.807, 2.05) is 27.2 Å². The van der Waals surface area contributed by atoms with Gasteiger partial charge in [-0.05, 0) is 44.9 Å². The Hall–Kier alpha value is -1.02. The number of quaternary nitrogens is 1. The van der Waals surface area contributed by atoms with Gasteiger partial charge in [0.05, 0.1) is 39.9 Å². The molecule has 8 nitrogen and oxygen atoms in total. The van der Waals surface area contributed by atoms with Crippen molar-refractivity contribution in [3.63, 3.8) is 0 Å². The van der Waals surface area contributed by atoms with E-state index in [1.165, 1.54) is 122 Å². The summed E-state index contributed by atoms with van der Waals surface area (Å²) in [5.74, 6) is -0.204. The minimum Gasteiger partial charge on any atom is -0.756 e. The first-order chi connectivity index (χ1) is 24.5. The summed E-state index contributed by atoms with van der Waals surface area (Å²) in [5, 5.41) is 13.6. The molecule has 9 heteroatoms. The van der Waals surface area contributed by atoms with E-state index in [0.717, 1.165) is 44.9 Å². The van der Waals surface area contributed by atoms with Crippen LogP contribution in [-0.2, 0) is 18.4 Å². The van der Waals surface area contributed by atoms with E-state index in [4.69, 9.17) is 9.05 Å². The topological polar surface area (TPSA) is 108 Å². The van der Waals surface area contributed by atoms with Gasteiger partial charge in [0.1, 0.15) is 13.2 Å². The number of amides is 1. The summed E-state index contributed by atoms with van der Waals surface area (Å²) in [7, 11) is 1.26. The van der Waals surface area contributed by atoms with Gasteiger partial charge in [-0.15, -0.1) is 0 Å². The molecule has 0 aromatic carbocycles. The van der Waals surface area contributed by atoms with Crippen molar-refractivity contribution >= 4 is 13.7 Å². The van der Waals surface area contributed by atoms with Gasteiger partial charge < -0.3 is 28.8 Å². The number of carbonyl (C=O) groups excluding carboxylic acids is 1. The minimum absolute atomic E-state index is 0.000930. The molecule has 0 aliphatic heterocycles. The largest absolute Gasteiger partial charge is 0.756 e. The highest BCUT2D eigenvalue weighted by Gasteiger charge is 2.23. The van der Waals surface area contributed by atoms with E-state index in [1.54, 1.807) is 6.08 Å². The smallest absolute Gasteiger partial charge is 0.268 e. The average Bonchev–Trinajstić information content (AvgIpc) is 3.07. The fourth-order valence-corrected chi connectivity index (χ4v) is 6.69. The van der Waals surface area contributed by atoms with Crippen LogP contribution in [-0.4, -0.2) is 68.5 Å². The number of phosphoric acid groups is 1. The van der Waals surface area contributed by atoms with Crippen LogP contribution in [0.15, 0.2) is 24.3 Å². The number of allylic oxidation sites excluding steroid dienone is 3. The van der Waals surface area contributed by atoms with Crippen molar-refractivity contribution in [3.8, 4) is 0 Å². The zero-order chi connectivity index (χ0) is 37.9. The molecule has 0 aliphatic rings. The van der Waals surface area contributed by atoms with Crippen LogP contribution >= 0.6 is 7.82 Å². The molecule has 0 aliphatic carbocycles. The first-order valence-corrected chi connectivity index (χ1v) is 22.7. The molecule has 0 spiro atoms. The Morgan fingerprint density at radius 3 is 1.55 bits per heavy atom. The molecule has 3 unspecified atom stereocenters. The molecule has 0 saturated carbocycles. The van der Waals surface area contributed by atoms with E-state index in [2.05, 4.69) is 31.3 Å². The number of unbranched alkanes of at least 4 members (excludes halogenated alkanes) is 23. The summed E-state index contributed by atoms with van der Waals surface area (Å²) in [6.07, 6.45) is 39.7. The Kier molecular flexibility index (Phi) is 34.0. The predicted molar refractivity (Wildman–Crippen MR) is 215 cm³/mol. The number of aliphatic hydroxyl groups is 1. The van der Waals surface area contributed by atoms with Crippen molar-refractivity contribution in [2.75, 3.05) is 40.9 Å². The second kappa shape index (κ2) is 34.7. The molecule has 0 aromatic rings. The summed E-state index contributed by atoms with van der Waals surface area (Å²) in [5.41, 5.74) is 0. The van der Waals surface area contributed by atoms with E-state index in [0.29, 0.717) is 17.4 Å². The SMILES string of the molecule is CCCCCC/C=C/C(O)C(COP(=O)([O-])OCC[N+](C)(C)C)NC(=O)CCCCCCCCCCCCC/C=C\CCCCCCCCCC. The normalized spacial score (nSPS) is 14.7. The van der Waals surface area contributed by atoms with Gasteiger partial charge in [0, 0.05) is 6.42 Å². The highest BCUT2D eigenvalue weighted by Crippen LogP contribution is 2.38. The second-order valence-corrected chi connectivity index (χ2v) is 17.1. The van der Waals surface area contributed by atoms with Crippen molar-refractivity contribution in [1.82, 2.24) is 5.32 Å². The summed E-state index contributed by atoms with van der Waals surface area (Å²) < 4.78 is 23.0. The Balaban J connectivity index is 4.10. The van der Waals surface area contributed by atoms with Gasteiger partial charge >= 0.3 is 0 Å². The van der Waals surface area contributed by atoms with Gasteiger partial charge in [-0.25, -0.2) is 0 Å². The number of hydrogen-bond acceptors (Lipinski definition) is 6. The van der Waals surface area contributed by atoms with E-state index >= 15 is 0 Å². The van der Waals surface area contributed by atoms with Crippen LogP contribution in [0, 0.1) is 0 Å². The van der Waals surface area contributed by atoms with Crippen LogP contribution < -0.4 is 10.2 Å². The number of hydrogen-bond donors (Lipinski definition) is 2. The molecule has 2 N–H and O–H groups in total. The van der Waals surface area contributed by atoms with E-state index < -0.39 is 20.0 Å². The summed E-state index contributed by atoms with van der Waals surface area (Å²) in [6.45, 7) is 4.56. The lowest BCUT2D eigenvalue weighted by Crippen LogP contribution is -2.45. The minimum atomic E-state index is -4.57. The third-order valence-corrected chi connectivity index (χ3v) is 10.4. The lowest BCUT2D eigenvalue weighted by molar-refractivity contribution is -0.870. The van der Waals surface area contributed by atoms with Crippen molar-refractivity contribution in [3.05, 3.63) is 24.3 Å². The van der Waals surface area contributed by atoms with Crippen LogP contribution in [0.4, 0.5) is 0 Å². The monoisotopic (exact) mass is 743 g/mol. The number of nitrogens with one attached hydrogen (secondary N) is 1. The Bertz CT molecular complexity index is 891. The van der Waals surface area contributed by atoms with Crippen LogP contribution in [0.2, 0.25) is 0 Å². The molecular formula is C42H83N2O6P. The van der Waals surface area contributed by atoms with Gasteiger partial charge in [0.2, 0.25) is 5.91 Å². The number of aliphatic hydroxyl groups excluding tert-OH is 1. The second-order valence-electron chi connectivity index (χ2n) is 15.7. The van der Waals surface area contributed by atoms with Crippen LogP contribution in [0.5, 0.6) is 0 Å². The summed E-state index contributed by atoms with van der Waals surface area (Å²) in [6, 6.07) is -0.880. The number of nitrogens with zero attached hydrogens (tertiary/aromatic N) is 1. The average molecular weight is 743 g/mol. The molecule has 51 heavy (non-hydrogen) atoms. The Morgan fingerprint density at radius 2 is 1.08 bits per heavy atom. The van der Waals surface area contributed by atoms with Crippen molar-refractivity contribution < 1.29 is 32.9 Å². The molecule has 1 amide bonds.